The largest absolute Gasteiger partial charge is 0.495 e. The van der Waals surface area contributed by atoms with E-state index in [1.54, 1.807) is 18.2 Å². The standard InChI is InChI=1S/C16H21NO3S/c1-12-4-3-5-15(8-12)21(18,19)11-13-6-7-14(10-17)16(9-13)20-2/h6-7,9,12,15H,3-5,8,11H2,1-2H3. The monoisotopic (exact) mass is 307 g/mol. The van der Waals surface area contributed by atoms with Crippen LogP contribution in [0, 0.1) is 17.2 Å². The van der Waals surface area contributed by atoms with Crippen LogP contribution in [-0.4, -0.2) is 20.8 Å². The van der Waals surface area contributed by atoms with Gasteiger partial charge in [0.25, 0.3) is 0 Å². The Morgan fingerprint density at radius 1 is 1.38 bits per heavy atom. The van der Waals surface area contributed by atoms with Gasteiger partial charge in [-0.1, -0.05) is 25.8 Å². The van der Waals surface area contributed by atoms with Gasteiger partial charge in [-0.3, -0.25) is 0 Å². The molecule has 1 fully saturated rings. The van der Waals surface area contributed by atoms with Gasteiger partial charge in [0.1, 0.15) is 11.8 Å². The molecule has 114 valence electrons. The Morgan fingerprint density at radius 3 is 2.76 bits per heavy atom. The Morgan fingerprint density at radius 2 is 2.14 bits per heavy atom. The van der Waals surface area contributed by atoms with Gasteiger partial charge < -0.3 is 4.74 Å². The van der Waals surface area contributed by atoms with E-state index in [2.05, 4.69) is 6.92 Å². The first-order valence-electron chi connectivity index (χ1n) is 7.25. The molecule has 1 saturated carbocycles. The number of rotatable bonds is 4. The molecule has 2 rings (SSSR count). The molecule has 1 aromatic carbocycles. The fourth-order valence-electron chi connectivity index (χ4n) is 2.97. The van der Waals surface area contributed by atoms with Gasteiger partial charge in [0.2, 0.25) is 0 Å². The zero-order valence-electron chi connectivity index (χ0n) is 12.5. The zero-order chi connectivity index (χ0) is 15.5. The summed E-state index contributed by atoms with van der Waals surface area (Å²) in [5.41, 5.74) is 1.11. The van der Waals surface area contributed by atoms with E-state index in [9.17, 15) is 8.42 Å². The first kappa shape index (κ1) is 15.8. The molecule has 2 unspecified atom stereocenters. The van der Waals surface area contributed by atoms with Crippen molar-refractivity contribution < 1.29 is 13.2 Å². The highest BCUT2D eigenvalue weighted by Crippen LogP contribution is 2.30. The van der Waals surface area contributed by atoms with Gasteiger partial charge in [0, 0.05) is 0 Å². The minimum absolute atomic E-state index is 0.0203. The van der Waals surface area contributed by atoms with Crippen LogP contribution in [0.3, 0.4) is 0 Å². The molecule has 2 atom stereocenters. The van der Waals surface area contributed by atoms with Gasteiger partial charge in [-0.25, -0.2) is 8.42 Å². The van der Waals surface area contributed by atoms with E-state index >= 15 is 0 Å². The van der Waals surface area contributed by atoms with Crippen molar-refractivity contribution in [2.24, 2.45) is 5.92 Å². The van der Waals surface area contributed by atoms with Gasteiger partial charge in [-0.05, 0) is 36.5 Å². The van der Waals surface area contributed by atoms with Crippen LogP contribution in [0.15, 0.2) is 18.2 Å². The maximum absolute atomic E-state index is 12.5. The van der Waals surface area contributed by atoms with Crippen LogP contribution >= 0.6 is 0 Å². The molecule has 0 radical (unpaired) electrons. The van der Waals surface area contributed by atoms with Crippen LogP contribution in [0.4, 0.5) is 0 Å². The summed E-state index contributed by atoms with van der Waals surface area (Å²) >= 11 is 0. The highest BCUT2D eigenvalue weighted by molar-refractivity contribution is 7.91. The first-order valence-corrected chi connectivity index (χ1v) is 8.96. The zero-order valence-corrected chi connectivity index (χ0v) is 13.3. The summed E-state index contributed by atoms with van der Waals surface area (Å²) in [4.78, 5) is 0. The molecule has 1 aliphatic rings. The number of nitrogens with zero attached hydrogens (tertiary/aromatic N) is 1. The summed E-state index contributed by atoms with van der Waals surface area (Å²) in [5.74, 6) is 0.933. The van der Waals surface area contributed by atoms with E-state index in [-0.39, 0.29) is 11.0 Å². The molecule has 0 aromatic heterocycles. The van der Waals surface area contributed by atoms with Crippen molar-refractivity contribution >= 4 is 9.84 Å². The SMILES string of the molecule is COc1cc(CS(=O)(=O)C2CCCC(C)C2)ccc1C#N. The molecule has 0 N–H and O–H groups in total. The molecular weight excluding hydrogens is 286 g/mol. The van der Waals surface area contributed by atoms with Crippen LogP contribution in [0.25, 0.3) is 0 Å². The highest BCUT2D eigenvalue weighted by atomic mass is 32.2. The van der Waals surface area contributed by atoms with Gasteiger partial charge in [-0.2, -0.15) is 5.26 Å². The minimum atomic E-state index is -3.15. The Hall–Kier alpha value is -1.54. The number of nitriles is 1. The molecule has 0 bridgehead atoms. The van der Waals surface area contributed by atoms with Gasteiger partial charge in [0.15, 0.2) is 9.84 Å². The van der Waals surface area contributed by atoms with Gasteiger partial charge in [0.05, 0.1) is 23.7 Å². The molecular formula is C16H21NO3S. The summed E-state index contributed by atoms with van der Waals surface area (Å²) in [6, 6.07) is 7.00. The second-order valence-electron chi connectivity index (χ2n) is 5.85. The number of hydrogen-bond donors (Lipinski definition) is 0. The summed E-state index contributed by atoms with van der Waals surface area (Å²) < 4.78 is 30.2. The van der Waals surface area contributed by atoms with Crippen LogP contribution in [0.1, 0.15) is 43.7 Å². The van der Waals surface area contributed by atoms with Crippen molar-refractivity contribution in [1.29, 1.82) is 5.26 Å². The predicted octanol–water partition coefficient (Wildman–Crippen LogP) is 3.06. The third kappa shape index (κ3) is 3.76. The summed E-state index contributed by atoms with van der Waals surface area (Å²) in [5, 5.41) is 8.72. The van der Waals surface area contributed by atoms with Crippen LogP contribution in [0.2, 0.25) is 0 Å². The molecule has 5 heteroatoms. The summed E-state index contributed by atoms with van der Waals surface area (Å²) in [6.45, 7) is 2.12. The molecule has 0 saturated heterocycles. The number of hydrogen-bond acceptors (Lipinski definition) is 4. The summed E-state index contributed by atoms with van der Waals surface area (Å²) in [7, 11) is -1.67. The number of methoxy groups -OCH3 is 1. The lowest BCUT2D eigenvalue weighted by Crippen LogP contribution is -2.28. The molecule has 21 heavy (non-hydrogen) atoms. The molecule has 4 nitrogen and oxygen atoms in total. The minimum Gasteiger partial charge on any atom is -0.495 e. The lowest BCUT2D eigenvalue weighted by atomic mass is 9.91. The van der Waals surface area contributed by atoms with E-state index in [1.807, 2.05) is 6.07 Å². The van der Waals surface area contributed by atoms with E-state index < -0.39 is 9.84 Å². The molecule has 0 amide bonds. The van der Waals surface area contributed by atoms with Crippen LogP contribution < -0.4 is 4.74 Å². The van der Waals surface area contributed by atoms with Gasteiger partial charge >= 0.3 is 0 Å². The van der Waals surface area contributed by atoms with E-state index in [0.29, 0.717) is 22.8 Å². The number of ether oxygens (including phenoxy) is 1. The maximum atomic E-state index is 12.5. The van der Waals surface area contributed by atoms with E-state index in [4.69, 9.17) is 10.00 Å². The quantitative estimate of drug-likeness (QED) is 0.857. The fourth-order valence-corrected chi connectivity index (χ4v) is 5.00. The van der Waals surface area contributed by atoms with Crippen LogP contribution in [-0.2, 0) is 15.6 Å². The Kier molecular flexibility index (Phi) is 4.89. The number of benzene rings is 1. The van der Waals surface area contributed by atoms with Crippen molar-refractivity contribution in [3.63, 3.8) is 0 Å². The first-order chi connectivity index (χ1) is 9.96. The average molecular weight is 307 g/mol. The molecule has 1 aliphatic carbocycles. The Balaban J connectivity index is 2.19. The van der Waals surface area contributed by atoms with Gasteiger partial charge in [-0.15, -0.1) is 0 Å². The third-order valence-corrected chi connectivity index (χ3v) is 6.33. The molecule has 1 aromatic rings. The number of sulfone groups is 1. The molecule has 0 aliphatic heterocycles. The highest BCUT2D eigenvalue weighted by Gasteiger charge is 2.30. The Labute approximate surface area is 126 Å². The lowest BCUT2D eigenvalue weighted by molar-refractivity contribution is 0.381. The summed E-state index contributed by atoms with van der Waals surface area (Å²) in [6.07, 6.45) is 3.63. The topological polar surface area (TPSA) is 67.2 Å². The molecule has 0 heterocycles. The van der Waals surface area contributed by atoms with Crippen molar-refractivity contribution in [1.82, 2.24) is 0 Å². The van der Waals surface area contributed by atoms with Crippen LogP contribution in [0.5, 0.6) is 5.75 Å². The normalized spacial score (nSPS) is 22.5. The lowest BCUT2D eigenvalue weighted by Gasteiger charge is -2.26. The smallest absolute Gasteiger partial charge is 0.157 e. The van der Waals surface area contributed by atoms with Crippen molar-refractivity contribution in [3.8, 4) is 11.8 Å². The second-order valence-corrected chi connectivity index (χ2v) is 8.13. The van der Waals surface area contributed by atoms with Crippen molar-refractivity contribution in [2.45, 2.75) is 43.6 Å². The van der Waals surface area contributed by atoms with Crippen molar-refractivity contribution in [3.05, 3.63) is 29.3 Å². The predicted molar refractivity (Wildman–Crippen MR) is 81.8 cm³/mol. The average Bonchev–Trinajstić information content (AvgIpc) is 2.46. The van der Waals surface area contributed by atoms with E-state index in [0.717, 1.165) is 25.7 Å². The molecule has 0 spiro atoms. The third-order valence-electron chi connectivity index (χ3n) is 4.15. The maximum Gasteiger partial charge on any atom is 0.157 e. The second kappa shape index (κ2) is 6.48. The van der Waals surface area contributed by atoms with Crippen molar-refractivity contribution in [2.75, 3.05) is 7.11 Å². The Bertz CT molecular complexity index is 646. The fraction of sp³-hybridized carbons (Fsp3) is 0.562. The van der Waals surface area contributed by atoms with E-state index in [1.165, 1.54) is 7.11 Å².